The number of para-hydroxylation sites is 1. The first-order chi connectivity index (χ1) is 12.4. The summed E-state index contributed by atoms with van der Waals surface area (Å²) in [4.78, 5) is 11.4. The molecule has 0 aliphatic carbocycles. The molecule has 0 fully saturated rings. The fraction of sp³-hybridized carbons (Fsp3) is 0.0500. The lowest BCUT2D eigenvalue weighted by Crippen LogP contribution is -2.16. The van der Waals surface area contributed by atoms with Gasteiger partial charge in [-0.2, -0.15) is 8.42 Å². The van der Waals surface area contributed by atoms with Crippen LogP contribution < -0.4 is 9.92 Å². The molecule has 0 bridgehead atoms. The fourth-order valence-corrected chi connectivity index (χ4v) is 3.56. The summed E-state index contributed by atoms with van der Waals surface area (Å²) in [5.74, 6) is -0.482. The normalized spacial score (nSPS) is 11.1. The molecule has 0 heterocycles. The van der Waals surface area contributed by atoms with E-state index in [0.29, 0.717) is 11.1 Å². The van der Waals surface area contributed by atoms with Gasteiger partial charge in [0.05, 0.1) is 0 Å². The molecule has 2 N–H and O–H groups in total. The molecule has 6 heteroatoms. The Balaban J connectivity index is 2.02. The fourth-order valence-electron chi connectivity index (χ4n) is 2.58. The molecule has 0 aliphatic rings. The summed E-state index contributed by atoms with van der Waals surface area (Å²) in [5, 5.41) is 0. The number of carbonyl (C=O) groups excluding carboxylic acids is 1. The second kappa shape index (κ2) is 7.01. The van der Waals surface area contributed by atoms with Crippen molar-refractivity contribution in [2.45, 2.75) is 11.8 Å². The van der Waals surface area contributed by atoms with Gasteiger partial charge in [0.15, 0.2) is 5.75 Å². The van der Waals surface area contributed by atoms with E-state index in [0.717, 1.165) is 5.56 Å². The minimum Gasteiger partial charge on any atom is -0.378 e. The average Bonchev–Trinajstić information content (AvgIpc) is 2.62. The zero-order chi connectivity index (χ0) is 18.7. The number of amides is 1. The first-order valence-electron chi connectivity index (χ1n) is 7.88. The summed E-state index contributed by atoms with van der Waals surface area (Å²) in [6.45, 7) is 1.68. The molecule has 26 heavy (non-hydrogen) atoms. The Kier molecular flexibility index (Phi) is 4.77. The molecule has 0 saturated heterocycles. The van der Waals surface area contributed by atoms with Gasteiger partial charge >= 0.3 is 10.1 Å². The number of benzene rings is 3. The highest BCUT2D eigenvalue weighted by Gasteiger charge is 2.21. The SMILES string of the molecule is Cc1ccc(S(=O)(=O)Oc2ccccc2-c2ccccc2)cc1C(N)=O. The predicted molar refractivity (Wildman–Crippen MR) is 99.4 cm³/mol. The van der Waals surface area contributed by atoms with E-state index in [1.165, 1.54) is 18.2 Å². The molecule has 1 amide bonds. The van der Waals surface area contributed by atoms with E-state index in [1.54, 1.807) is 31.2 Å². The summed E-state index contributed by atoms with van der Waals surface area (Å²) in [6.07, 6.45) is 0. The topological polar surface area (TPSA) is 86.5 Å². The summed E-state index contributed by atoms with van der Waals surface area (Å²) in [5.41, 5.74) is 7.53. The molecule has 3 rings (SSSR count). The van der Waals surface area contributed by atoms with Gasteiger partial charge < -0.3 is 9.92 Å². The van der Waals surface area contributed by atoms with E-state index < -0.39 is 16.0 Å². The van der Waals surface area contributed by atoms with Crippen molar-refractivity contribution in [3.63, 3.8) is 0 Å². The maximum atomic E-state index is 12.7. The second-order valence-corrected chi connectivity index (χ2v) is 7.29. The van der Waals surface area contributed by atoms with Crippen LogP contribution >= 0.6 is 0 Å². The summed E-state index contributed by atoms with van der Waals surface area (Å²) in [6, 6.07) is 20.4. The third kappa shape index (κ3) is 3.60. The third-order valence-corrected chi connectivity index (χ3v) is 5.16. The van der Waals surface area contributed by atoms with Crippen molar-refractivity contribution in [1.82, 2.24) is 0 Å². The van der Waals surface area contributed by atoms with Crippen LogP contribution in [0.2, 0.25) is 0 Å². The first-order valence-corrected chi connectivity index (χ1v) is 9.29. The Morgan fingerprint density at radius 2 is 1.58 bits per heavy atom. The lowest BCUT2D eigenvalue weighted by molar-refractivity contribution is 0.0999. The van der Waals surface area contributed by atoms with Gasteiger partial charge in [-0.25, -0.2) is 0 Å². The Labute approximate surface area is 152 Å². The third-order valence-electron chi connectivity index (χ3n) is 3.93. The van der Waals surface area contributed by atoms with E-state index >= 15 is 0 Å². The molecule has 5 nitrogen and oxygen atoms in total. The molecule has 3 aromatic rings. The molecular weight excluding hydrogens is 350 g/mol. The van der Waals surface area contributed by atoms with Crippen LogP contribution in [0.3, 0.4) is 0 Å². The van der Waals surface area contributed by atoms with Crippen LogP contribution in [-0.4, -0.2) is 14.3 Å². The van der Waals surface area contributed by atoms with E-state index in [1.807, 2.05) is 30.3 Å². The lowest BCUT2D eigenvalue weighted by atomic mass is 10.1. The maximum absolute atomic E-state index is 12.7. The molecule has 0 unspecified atom stereocenters. The lowest BCUT2D eigenvalue weighted by Gasteiger charge is -2.12. The molecule has 0 radical (unpaired) electrons. The van der Waals surface area contributed by atoms with E-state index in [9.17, 15) is 13.2 Å². The van der Waals surface area contributed by atoms with Gasteiger partial charge in [-0.3, -0.25) is 4.79 Å². The van der Waals surface area contributed by atoms with Crippen molar-refractivity contribution in [2.75, 3.05) is 0 Å². The minimum absolute atomic E-state index is 0.125. The smallest absolute Gasteiger partial charge is 0.339 e. The van der Waals surface area contributed by atoms with E-state index in [4.69, 9.17) is 9.92 Å². The van der Waals surface area contributed by atoms with Gasteiger partial charge in [0.1, 0.15) is 4.90 Å². The Bertz CT molecular complexity index is 1060. The number of carbonyl (C=O) groups is 1. The highest BCUT2D eigenvalue weighted by molar-refractivity contribution is 7.87. The highest BCUT2D eigenvalue weighted by Crippen LogP contribution is 2.32. The average molecular weight is 367 g/mol. The van der Waals surface area contributed by atoms with Crippen LogP contribution in [-0.2, 0) is 10.1 Å². The zero-order valence-corrected chi connectivity index (χ0v) is 14.9. The van der Waals surface area contributed by atoms with Gasteiger partial charge in [0, 0.05) is 11.1 Å². The van der Waals surface area contributed by atoms with Crippen LogP contribution in [0.4, 0.5) is 0 Å². The van der Waals surface area contributed by atoms with Gasteiger partial charge in [0.25, 0.3) is 0 Å². The number of nitrogens with two attached hydrogens (primary N) is 1. The number of primary amides is 1. The molecule has 0 atom stereocenters. The first kappa shape index (κ1) is 17.7. The van der Waals surface area contributed by atoms with Crippen molar-refractivity contribution in [3.05, 3.63) is 83.9 Å². The number of hydrogen-bond donors (Lipinski definition) is 1. The van der Waals surface area contributed by atoms with Crippen molar-refractivity contribution in [3.8, 4) is 16.9 Å². The van der Waals surface area contributed by atoms with Gasteiger partial charge in [-0.1, -0.05) is 54.6 Å². The van der Waals surface area contributed by atoms with E-state index in [-0.39, 0.29) is 16.2 Å². The quantitative estimate of drug-likeness (QED) is 0.699. The van der Waals surface area contributed by atoms with Crippen molar-refractivity contribution < 1.29 is 17.4 Å². The number of hydrogen-bond acceptors (Lipinski definition) is 4. The highest BCUT2D eigenvalue weighted by atomic mass is 32.2. The molecular formula is C20H17NO4S. The van der Waals surface area contributed by atoms with Gasteiger partial charge in [0.2, 0.25) is 5.91 Å². The van der Waals surface area contributed by atoms with Gasteiger partial charge in [-0.15, -0.1) is 0 Å². The van der Waals surface area contributed by atoms with Crippen molar-refractivity contribution in [2.24, 2.45) is 5.73 Å². The maximum Gasteiger partial charge on any atom is 0.339 e. The summed E-state index contributed by atoms with van der Waals surface area (Å²) in [7, 11) is -4.12. The van der Waals surface area contributed by atoms with Crippen LogP contribution in [0.5, 0.6) is 5.75 Å². The largest absolute Gasteiger partial charge is 0.378 e. The second-order valence-electron chi connectivity index (χ2n) is 5.74. The van der Waals surface area contributed by atoms with Crippen LogP contribution in [0.15, 0.2) is 77.7 Å². The van der Waals surface area contributed by atoms with Crippen LogP contribution in [0, 0.1) is 6.92 Å². The Morgan fingerprint density at radius 1 is 0.923 bits per heavy atom. The standard InChI is InChI=1S/C20H17NO4S/c1-14-11-12-16(13-18(14)20(21)22)26(23,24)25-19-10-6-5-9-17(19)15-7-3-2-4-8-15/h2-13H,1H3,(H2,21,22). The summed E-state index contributed by atoms with van der Waals surface area (Å²) < 4.78 is 30.8. The molecule has 3 aromatic carbocycles. The molecule has 0 aliphatic heterocycles. The number of aryl methyl sites for hydroxylation is 1. The minimum atomic E-state index is -4.12. The molecule has 0 saturated carbocycles. The summed E-state index contributed by atoms with van der Waals surface area (Å²) >= 11 is 0. The monoisotopic (exact) mass is 367 g/mol. The number of rotatable bonds is 5. The predicted octanol–water partition coefficient (Wildman–Crippen LogP) is 3.53. The molecule has 132 valence electrons. The zero-order valence-electron chi connectivity index (χ0n) is 14.0. The molecule has 0 spiro atoms. The van der Waals surface area contributed by atoms with Crippen LogP contribution in [0.1, 0.15) is 15.9 Å². The van der Waals surface area contributed by atoms with Crippen LogP contribution in [0.25, 0.3) is 11.1 Å². The van der Waals surface area contributed by atoms with E-state index in [2.05, 4.69) is 0 Å². The molecule has 0 aromatic heterocycles. The Hall–Kier alpha value is -3.12. The van der Waals surface area contributed by atoms with Crippen molar-refractivity contribution in [1.29, 1.82) is 0 Å². The van der Waals surface area contributed by atoms with Gasteiger partial charge in [-0.05, 0) is 36.2 Å². The Morgan fingerprint density at radius 3 is 2.27 bits per heavy atom. The van der Waals surface area contributed by atoms with Crippen molar-refractivity contribution >= 4 is 16.0 Å².